The first-order valence-electron chi connectivity index (χ1n) is 10.0. The van der Waals surface area contributed by atoms with Crippen LogP contribution in [0.25, 0.3) is 16.6 Å². The fourth-order valence-corrected chi connectivity index (χ4v) is 3.77. The average Bonchev–Trinajstić information content (AvgIpc) is 3.18. The molecule has 2 heterocycles. The van der Waals surface area contributed by atoms with Crippen molar-refractivity contribution in [1.29, 1.82) is 0 Å². The number of aryl methyl sites for hydroxylation is 1. The number of hydrogen-bond donors (Lipinski definition) is 1. The molecule has 2 aromatic heterocycles. The molecule has 0 spiro atoms. The summed E-state index contributed by atoms with van der Waals surface area (Å²) in [6, 6.07) is 11.2. The van der Waals surface area contributed by atoms with Gasteiger partial charge < -0.3 is 10.1 Å². The third-order valence-corrected chi connectivity index (χ3v) is 5.13. The molecule has 160 valence electrons. The summed E-state index contributed by atoms with van der Waals surface area (Å²) in [6.07, 6.45) is 1.55. The predicted octanol–water partition coefficient (Wildman–Crippen LogP) is 5.37. The van der Waals surface area contributed by atoms with Crippen LogP contribution in [0.1, 0.15) is 55.2 Å². The monoisotopic (exact) mass is 437 g/mol. The molecular formula is C23H24ClN5O2. The van der Waals surface area contributed by atoms with E-state index in [2.05, 4.69) is 26.6 Å². The molecule has 2 aromatic carbocycles. The first-order chi connectivity index (χ1) is 14.6. The van der Waals surface area contributed by atoms with E-state index in [9.17, 15) is 4.79 Å². The van der Waals surface area contributed by atoms with E-state index >= 15 is 0 Å². The number of rotatable bonds is 4. The van der Waals surface area contributed by atoms with Gasteiger partial charge in [0.25, 0.3) is 0 Å². The molecule has 0 saturated heterocycles. The Morgan fingerprint density at radius 2 is 1.97 bits per heavy atom. The fourth-order valence-electron chi connectivity index (χ4n) is 3.56. The number of hydrogen-bond acceptors (Lipinski definition) is 6. The second-order valence-electron chi connectivity index (χ2n) is 8.57. The van der Waals surface area contributed by atoms with Gasteiger partial charge in [0.15, 0.2) is 5.65 Å². The summed E-state index contributed by atoms with van der Waals surface area (Å²) in [6.45, 7) is 9.59. The van der Waals surface area contributed by atoms with Gasteiger partial charge >= 0.3 is 5.97 Å². The number of halogens is 1. The highest BCUT2D eigenvalue weighted by atomic mass is 35.5. The van der Waals surface area contributed by atoms with Crippen LogP contribution in [-0.4, -0.2) is 31.2 Å². The molecule has 1 N–H and O–H groups in total. The molecule has 0 bridgehead atoms. The summed E-state index contributed by atoms with van der Waals surface area (Å²) in [7, 11) is 0. The zero-order valence-electron chi connectivity index (χ0n) is 18.1. The van der Waals surface area contributed by atoms with Gasteiger partial charge in [-0.3, -0.25) is 4.40 Å². The lowest BCUT2D eigenvalue weighted by molar-refractivity contribution is 0.00706. The van der Waals surface area contributed by atoms with Gasteiger partial charge in [-0.2, -0.15) is 0 Å². The molecule has 1 atom stereocenters. The van der Waals surface area contributed by atoms with E-state index in [0.29, 0.717) is 22.2 Å². The molecule has 0 saturated carbocycles. The maximum absolute atomic E-state index is 12.7. The summed E-state index contributed by atoms with van der Waals surface area (Å²) >= 11 is 6.37. The van der Waals surface area contributed by atoms with Gasteiger partial charge in [0.2, 0.25) is 5.28 Å². The zero-order chi connectivity index (χ0) is 22.3. The van der Waals surface area contributed by atoms with Crippen molar-refractivity contribution in [3.05, 3.63) is 64.7 Å². The number of aromatic nitrogens is 4. The maximum atomic E-state index is 12.7. The summed E-state index contributed by atoms with van der Waals surface area (Å²) < 4.78 is 7.23. The normalized spacial score (nSPS) is 12.8. The van der Waals surface area contributed by atoms with Crippen molar-refractivity contribution in [3.8, 4) is 0 Å². The van der Waals surface area contributed by atoms with Crippen LogP contribution in [0.15, 0.2) is 42.7 Å². The minimum Gasteiger partial charge on any atom is -0.456 e. The number of para-hydroxylation sites is 1. The van der Waals surface area contributed by atoms with Crippen LogP contribution in [0.2, 0.25) is 5.28 Å². The van der Waals surface area contributed by atoms with Gasteiger partial charge in [-0.1, -0.05) is 18.2 Å². The largest absolute Gasteiger partial charge is 0.456 e. The predicted molar refractivity (Wildman–Crippen MR) is 122 cm³/mol. The summed E-state index contributed by atoms with van der Waals surface area (Å²) in [4.78, 5) is 17.3. The van der Waals surface area contributed by atoms with Gasteiger partial charge in [-0.05, 0) is 70.0 Å². The molecule has 0 aliphatic carbocycles. The summed E-state index contributed by atoms with van der Waals surface area (Å²) in [5.41, 5.74) is 3.99. The van der Waals surface area contributed by atoms with Crippen LogP contribution < -0.4 is 5.32 Å². The van der Waals surface area contributed by atoms with Crippen LogP contribution in [0.4, 0.5) is 5.69 Å². The van der Waals surface area contributed by atoms with Gasteiger partial charge in [0.05, 0.1) is 17.1 Å². The lowest BCUT2D eigenvalue weighted by Gasteiger charge is -2.23. The number of carbonyl (C=O) groups excluding carboxylic acids is 1. The standard InChI is InChI=1S/C23H24ClN5O2/c1-13-10-16(19-17(11-13)20-28-25-12-29(20)22(24)27-19)14(2)26-18-9-7-6-8-15(18)21(30)31-23(3,4)5/h6-12,14,26H,1-5H3. The van der Waals surface area contributed by atoms with Crippen molar-refractivity contribution in [1.82, 2.24) is 19.6 Å². The van der Waals surface area contributed by atoms with E-state index in [1.54, 1.807) is 16.8 Å². The molecular weight excluding hydrogens is 414 g/mol. The third-order valence-electron chi connectivity index (χ3n) is 4.86. The molecule has 0 aliphatic heterocycles. The minimum atomic E-state index is -0.577. The highest BCUT2D eigenvalue weighted by Crippen LogP contribution is 2.31. The number of nitrogens with zero attached hydrogens (tertiary/aromatic N) is 4. The lowest BCUT2D eigenvalue weighted by Crippen LogP contribution is -2.24. The molecule has 0 aliphatic rings. The highest BCUT2D eigenvalue weighted by molar-refractivity contribution is 6.29. The number of benzene rings is 2. The number of ether oxygens (including phenoxy) is 1. The number of nitrogens with one attached hydrogen (secondary N) is 1. The first kappa shape index (κ1) is 21.1. The smallest absolute Gasteiger partial charge is 0.340 e. The van der Waals surface area contributed by atoms with Crippen LogP contribution in [0.3, 0.4) is 0 Å². The Kier molecular flexibility index (Phi) is 5.31. The Hall–Kier alpha value is -3.19. The van der Waals surface area contributed by atoms with Crippen LogP contribution in [-0.2, 0) is 4.74 Å². The van der Waals surface area contributed by atoms with Crippen molar-refractivity contribution < 1.29 is 9.53 Å². The van der Waals surface area contributed by atoms with Crippen LogP contribution in [0, 0.1) is 6.92 Å². The molecule has 4 aromatic rings. The number of esters is 1. The topological polar surface area (TPSA) is 81.4 Å². The second kappa shape index (κ2) is 7.81. The van der Waals surface area contributed by atoms with Crippen molar-refractivity contribution in [2.75, 3.05) is 5.32 Å². The Morgan fingerprint density at radius 3 is 2.71 bits per heavy atom. The van der Waals surface area contributed by atoms with Gasteiger partial charge in [0, 0.05) is 16.6 Å². The average molecular weight is 438 g/mol. The number of anilines is 1. The second-order valence-corrected chi connectivity index (χ2v) is 8.91. The van der Waals surface area contributed by atoms with E-state index in [-0.39, 0.29) is 12.0 Å². The van der Waals surface area contributed by atoms with Crippen LogP contribution >= 0.6 is 11.6 Å². The van der Waals surface area contributed by atoms with Crippen molar-refractivity contribution in [2.45, 2.75) is 46.3 Å². The van der Waals surface area contributed by atoms with E-state index in [1.807, 2.05) is 58.9 Å². The quantitative estimate of drug-likeness (QED) is 0.341. The lowest BCUT2D eigenvalue weighted by atomic mass is 10.0. The number of fused-ring (bicyclic) bond motifs is 3. The molecule has 7 nitrogen and oxygen atoms in total. The molecule has 0 fully saturated rings. The van der Waals surface area contributed by atoms with Gasteiger partial charge in [-0.15, -0.1) is 10.2 Å². The Labute approximate surface area is 185 Å². The first-order valence-corrected chi connectivity index (χ1v) is 10.4. The molecule has 0 radical (unpaired) electrons. The maximum Gasteiger partial charge on any atom is 0.340 e. The molecule has 0 amide bonds. The van der Waals surface area contributed by atoms with Gasteiger partial charge in [-0.25, -0.2) is 9.78 Å². The molecule has 1 unspecified atom stereocenters. The van der Waals surface area contributed by atoms with Crippen molar-refractivity contribution >= 4 is 39.8 Å². The van der Waals surface area contributed by atoms with E-state index in [0.717, 1.165) is 22.0 Å². The van der Waals surface area contributed by atoms with Crippen molar-refractivity contribution in [2.24, 2.45) is 0 Å². The Bertz CT molecular complexity index is 1290. The molecule has 8 heteroatoms. The molecule has 31 heavy (non-hydrogen) atoms. The Morgan fingerprint density at radius 1 is 1.23 bits per heavy atom. The minimum absolute atomic E-state index is 0.167. The fraction of sp³-hybridized carbons (Fsp3) is 0.304. The Balaban J connectivity index is 1.76. The summed E-state index contributed by atoms with van der Waals surface area (Å²) in [5.74, 6) is -0.372. The molecule has 4 rings (SSSR count). The van der Waals surface area contributed by atoms with E-state index < -0.39 is 5.60 Å². The SMILES string of the molecule is Cc1cc(C(C)Nc2ccccc2C(=O)OC(C)(C)C)c2nc(Cl)n3cnnc3c2c1. The summed E-state index contributed by atoms with van der Waals surface area (Å²) in [5, 5.41) is 12.8. The van der Waals surface area contributed by atoms with Gasteiger partial charge in [0.1, 0.15) is 11.9 Å². The third kappa shape index (κ3) is 4.18. The number of carbonyl (C=O) groups is 1. The zero-order valence-corrected chi connectivity index (χ0v) is 18.9. The van der Waals surface area contributed by atoms with E-state index in [4.69, 9.17) is 16.3 Å². The van der Waals surface area contributed by atoms with Crippen LogP contribution in [0.5, 0.6) is 0 Å². The highest BCUT2D eigenvalue weighted by Gasteiger charge is 2.22. The van der Waals surface area contributed by atoms with E-state index in [1.165, 1.54) is 0 Å². The van der Waals surface area contributed by atoms with Crippen molar-refractivity contribution in [3.63, 3.8) is 0 Å².